The van der Waals surface area contributed by atoms with E-state index in [2.05, 4.69) is 75.5 Å². The molecule has 0 saturated carbocycles. The van der Waals surface area contributed by atoms with Gasteiger partial charge in [0.05, 0.1) is 0 Å². The van der Waals surface area contributed by atoms with Crippen LogP contribution in [0.5, 0.6) is 0 Å². The van der Waals surface area contributed by atoms with Gasteiger partial charge in [0.1, 0.15) is 13.2 Å². The first-order valence-corrected chi connectivity index (χ1v) is 26.5. The maximum Gasteiger partial charge on any atom is 0.306 e. The standard InChI is InChI=1S/C59H96O6/c1-4-7-10-13-16-19-22-25-27-29-30-32-34-37-40-43-46-49-52-58(61)64-55-56(54-63-57(60)51-48-45-42-39-36-33-24-21-18-15-12-9-6-3)65-59(62)53-50-47-44-41-38-35-31-28-26-23-20-17-14-11-8-5-2/h9,12,15-16,18-19,21-22,24-25,27,29-30,32-33,36,39,42,56H,4-8,10-11,13-14,17,20,23,26,28,31,34-35,37-38,40-41,43-55H2,1-3H3/b12-9-,18-15-,19-16-,24-21-,25-22-,29-27-,32-30-,36-33-,42-39-. The minimum atomic E-state index is -0.817. The Labute approximate surface area is 400 Å². The Balaban J connectivity index is 4.52. The minimum Gasteiger partial charge on any atom is -0.462 e. The molecule has 1 atom stereocenters. The highest BCUT2D eigenvalue weighted by molar-refractivity contribution is 5.71. The van der Waals surface area contributed by atoms with Crippen molar-refractivity contribution in [3.8, 4) is 0 Å². The van der Waals surface area contributed by atoms with Gasteiger partial charge in [-0.3, -0.25) is 14.4 Å². The molecule has 6 nitrogen and oxygen atoms in total. The molecule has 0 aromatic rings. The molecule has 0 saturated heterocycles. The van der Waals surface area contributed by atoms with Gasteiger partial charge in [-0.25, -0.2) is 0 Å². The molecule has 0 aromatic heterocycles. The zero-order chi connectivity index (χ0) is 47.2. The van der Waals surface area contributed by atoms with Crippen LogP contribution in [0.3, 0.4) is 0 Å². The van der Waals surface area contributed by atoms with Crippen molar-refractivity contribution in [1.29, 1.82) is 0 Å². The number of ether oxygens (including phenoxy) is 3. The van der Waals surface area contributed by atoms with Crippen molar-refractivity contribution in [3.63, 3.8) is 0 Å². The summed E-state index contributed by atoms with van der Waals surface area (Å²) in [5.74, 6) is -1.01. The van der Waals surface area contributed by atoms with Crippen molar-refractivity contribution < 1.29 is 28.6 Å². The van der Waals surface area contributed by atoms with Crippen LogP contribution >= 0.6 is 0 Å². The van der Waals surface area contributed by atoms with E-state index in [1.807, 2.05) is 54.7 Å². The SMILES string of the molecule is CC\C=C/C=C\C=C/C=C\C=C/CCCC(=O)OCC(COC(=O)CCCCCCC\C=C/C=C\C=C/C=C\CCCCC)OC(=O)CCCCCCCCCCCCCCCCCC. The molecule has 6 heteroatoms. The van der Waals surface area contributed by atoms with Gasteiger partial charge in [-0.05, 0) is 57.8 Å². The Bertz CT molecular complexity index is 1360. The lowest BCUT2D eigenvalue weighted by Crippen LogP contribution is -2.30. The van der Waals surface area contributed by atoms with E-state index < -0.39 is 6.10 Å². The Kier molecular flexibility index (Phi) is 49.5. The second-order valence-electron chi connectivity index (χ2n) is 17.3. The van der Waals surface area contributed by atoms with E-state index in [0.717, 1.165) is 77.0 Å². The zero-order valence-corrected chi connectivity index (χ0v) is 42.0. The van der Waals surface area contributed by atoms with E-state index in [9.17, 15) is 14.4 Å². The third-order valence-electron chi connectivity index (χ3n) is 11.0. The molecule has 0 aliphatic rings. The maximum absolute atomic E-state index is 12.8. The van der Waals surface area contributed by atoms with Crippen LogP contribution in [0, 0.1) is 0 Å². The van der Waals surface area contributed by atoms with Crippen LogP contribution in [0.15, 0.2) is 109 Å². The lowest BCUT2D eigenvalue weighted by molar-refractivity contribution is -0.167. The van der Waals surface area contributed by atoms with E-state index >= 15 is 0 Å². The lowest BCUT2D eigenvalue weighted by atomic mass is 10.0. The molecule has 0 heterocycles. The summed E-state index contributed by atoms with van der Waals surface area (Å²) < 4.78 is 16.7. The summed E-state index contributed by atoms with van der Waals surface area (Å²) in [7, 11) is 0. The third kappa shape index (κ3) is 50.9. The molecule has 0 fully saturated rings. The highest BCUT2D eigenvalue weighted by Gasteiger charge is 2.19. The fourth-order valence-electron chi connectivity index (χ4n) is 7.01. The Morgan fingerprint density at radius 3 is 1.03 bits per heavy atom. The van der Waals surface area contributed by atoms with Crippen LogP contribution < -0.4 is 0 Å². The molecule has 65 heavy (non-hydrogen) atoms. The molecule has 0 N–H and O–H groups in total. The summed E-state index contributed by atoms with van der Waals surface area (Å²) >= 11 is 0. The normalized spacial score (nSPS) is 13.0. The summed E-state index contributed by atoms with van der Waals surface area (Å²) in [6, 6.07) is 0. The average molecular weight is 901 g/mol. The number of esters is 3. The first-order chi connectivity index (χ1) is 32.0. The number of carbonyl (C=O) groups is 3. The molecule has 1 unspecified atom stereocenters. The quantitative estimate of drug-likeness (QED) is 0.0262. The minimum absolute atomic E-state index is 0.113. The van der Waals surface area contributed by atoms with Crippen LogP contribution in [0.25, 0.3) is 0 Å². The molecule has 0 spiro atoms. The molecule has 0 amide bonds. The summed E-state index contributed by atoms with van der Waals surface area (Å²) in [5.41, 5.74) is 0. The van der Waals surface area contributed by atoms with Gasteiger partial charge in [-0.2, -0.15) is 0 Å². The van der Waals surface area contributed by atoms with Crippen molar-refractivity contribution >= 4 is 17.9 Å². The van der Waals surface area contributed by atoms with Crippen molar-refractivity contribution in [2.45, 2.75) is 232 Å². The topological polar surface area (TPSA) is 78.9 Å². The molecule has 0 aromatic carbocycles. The highest BCUT2D eigenvalue weighted by Crippen LogP contribution is 2.15. The maximum atomic E-state index is 12.8. The second-order valence-corrected chi connectivity index (χ2v) is 17.3. The van der Waals surface area contributed by atoms with Gasteiger partial charge < -0.3 is 14.2 Å². The van der Waals surface area contributed by atoms with Crippen LogP contribution in [-0.2, 0) is 28.6 Å². The van der Waals surface area contributed by atoms with Gasteiger partial charge >= 0.3 is 17.9 Å². The fraction of sp³-hybridized carbons (Fsp3) is 0.644. The third-order valence-corrected chi connectivity index (χ3v) is 11.0. The van der Waals surface area contributed by atoms with E-state index in [0.29, 0.717) is 19.3 Å². The predicted molar refractivity (Wildman–Crippen MR) is 279 cm³/mol. The summed E-state index contributed by atoms with van der Waals surface area (Å²) in [6.45, 7) is 6.37. The van der Waals surface area contributed by atoms with E-state index in [-0.39, 0.29) is 37.5 Å². The number of hydrogen-bond donors (Lipinski definition) is 0. The number of hydrogen-bond acceptors (Lipinski definition) is 6. The summed E-state index contributed by atoms with van der Waals surface area (Å²) in [5, 5.41) is 0. The molecular weight excluding hydrogens is 805 g/mol. The largest absolute Gasteiger partial charge is 0.462 e. The molecule has 0 aliphatic carbocycles. The summed E-state index contributed by atoms with van der Waals surface area (Å²) in [4.78, 5) is 38.0. The van der Waals surface area contributed by atoms with Crippen LogP contribution in [0.4, 0.5) is 0 Å². The first kappa shape index (κ1) is 61.1. The second kappa shape index (κ2) is 52.7. The zero-order valence-electron chi connectivity index (χ0n) is 42.0. The number of rotatable bonds is 46. The van der Waals surface area contributed by atoms with Crippen LogP contribution in [0.2, 0.25) is 0 Å². The van der Waals surface area contributed by atoms with E-state index in [1.165, 1.54) is 103 Å². The smallest absolute Gasteiger partial charge is 0.306 e. The highest BCUT2D eigenvalue weighted by atomic mass is 16.6. The lowest BCUT2D eigenvalue weighted by Gasteiger charge is -2.18. The van der Waals surface area contributed by atoms with E-state index in [1.54, 1.807) is 0 Å². The van der Waals surface area contributed by atoms with Crippen molar-refractivity contribution in [2.24, 2.45) is 0 Å². The first-order valence-electron chi connectivity index (χ1n) is 26.5. The van der Waals surface area contributed by atoms with Gasteiger partial charge in [0, 0.05) is 19.3 Å². The van der Waals surface area contributed by atoms with Gasteiger partial charge in [0.25, 0.3) is 0 Å². The van der Waals surface area contributed by atoms with Crippen LogP contribution in [-0.4, -0.2) is 37.2 Å². The fourth-order valence-corrected chi connectivity index (χ4v) is 7.01. The molecule has 0 bridgehead atoms. The Morgan fingerprint density at radius 2 is 0.615 bits per heavy atom. The molecule has 0 aliphatic heterocycles. The Morgan fingerprint density at radius 1 is 0.323 bits per heavy atom. The summed E-state index contributed by atoms with van der Waals surface area (Å²) in [6.07, 6.45) is 70.8. The van der Waals surface area contributed by atoms with E-state index in [4.69, 9.17) is 14.2 Å². The van der Waals surface area contributed by atoms with Gasteiger partial charge in [0.2, 0.25) is 0 Å². The average Bonchev–Trinajstić information content (AvgIpc) is 3.30. The Hall–Kier alpha value is -3.93. The molecule has 0 radical (unpaired) electrons. The number of carbonyl (C=O) groups excluding carboxylic acids is 3. The van der Waals surface area contributed by atoms with Crippen LogP contribution in [0.1, 0.15) is 226 Å². The van der Waals surface area contributed by atoms with Gasteiger partial charge in [-0.15, -0.1) is 0 Å². The van der Waals surface area contributed by atoms with Crippen molar-refractivity contribution in [2.75, 3.05) is 13.2 Å². The predicted octanol–water partition coefficient (Wildman–Crippen LogP) is 17.5. The van der Waals surface area contributed by atoms with Gasteiger partial charge in [-0.1, -0.05) is 259 Å². The molecule has 0 rings (SSSR count). The molecule has 368 valence electrons. The number of allylic oxidation sites excluding steroid dienone is 18. The molecular formula is C59H96O6. The number of unbranched alkanes of at least 4 members (excludes halogenated alkanes) is 24. The van der Waals surface area contributed by atoms with Gasteiger partial charge in [0.15, 0.2) is 6.10 Å². The van der Waals surface area contributed by atoms with Crippen molar-refractivity contribution in [3.05, 3.63) is 109 Å². The van der Waals surface area contributed by atoms with Crippen molar-refractivity contribution in [1.82, 2.24) is 0 Å². The monoisotopic (exact) mass is 901 g/mol.